The van der Waals surface area contributed by atoms with Crippen molar-refractivity contribution in [3.63, 3.8) is 0 Å². The SMILES string of the molecule is Cc1cc2[nH]ncc2c(-c2nc3c4c(nc(OC[C@@]56CCCN5C[C@H](F)C6)nc4c2F)N(CC(F)F)[C@@H](C)CO3)c1C(F)(F)F. The van der Waals surface area contributed by atoms with E-state index in [1.165, 1.54) is 17.9 Å². The summed E-state index contributed by atoms with van der Waals surface area (Å²) in [5, 5.41) is 6.25. The number of benzene rings is 1. The molecule has 1 aromatic carbocycles. The van der Waals surface area contributed by atoms with E-state index in [0.717, 1.165) is 12.6 Å². The second kappa shape index (κ2) is 10.6. The Balaban J connectivity index is 1.45. The number of halogens is 7. The number of hydrogen-bond donors (Lipinski definition) is 1. The summed E-state index contributed by atoms with van der Waals surface area (Å²) >= 11 is 0. The fraction of sp³-hybridized carbons (Fsp3) is 0.517. The summed E-state index contributed by atoms with van der Waals surface area (Å²) < 4.78 is 114. The van der Waals surface area contributed by atoms with Crippen LogP contribution in [0.4, 0.5) is 36.6 Å². The Hall–Kier alpha value is -3.95. The van der Waals surface area contributed by atoms with Gasteiger partial charge in [0.15, 0.2) is 5.82 Å². The number of aromatic amines is 1. The summed E-state index contributed by atoms with van der Waals surface area (Å²) in [6.07, 6.45) is -5.94. The Bertz CT molecular complexity index is 1800. The first-order valence-corrected chi connectivity index (χ1v) is 14.5. The van der Waals surface area contributed by atoms with E-state index in [1.807, 2.05) is 4.90 Å². The van der Waals surface area contributed by atoms with Gasteiger partial charge < -0.3 is 14.4 Å². The number of nitrogens with zero attached hydrogens (tertiary/aromatic N) is 6. The molecule has 0 aliphatic carbocycles. The van der Waals surface area contributed by atoms with Gasteiger partial charge in [-0.15, -0.1) is 0 Å². The molecule has 0 unspecified atom stereocenters. The number of rotatable bonds is 6. The van der Waals surface area contributed by atoms with E-state index in [0.29, 0.717) is 13.0 Å². The average Bonchev–Trinajstić information content (AvgIpc) is 3.64. The quantitative estimate of drug-likeness (QED) is 0.263. The third-order valence-electron chi connectivity index (χ3n) is 9.01. The molecule has 2 fully saturated rings. The lowest BCUT2D eigenvalue weighted by Gasteiger charge is -2.31. The zero-order valence-corrected chi connectivity index (χ0v) is 24.2. The largest absolute Gasteiger partial charge is 0.475 e. The van der Waals surface area contributed by atoms with Gasteiger partial charge in [-0.2, -0.15) is 28.2 Å². The van der Waals surface area contributed by atoms with E-state index in [4.69, 9.17) is 9.47 Å². The highest BCUT2D eigenvalue weighted by Crippen LogP contribution is 2.47. The molecule has 6 heterocycles. The monoisotopic (exact) mass is 639 g/mol. The molecule has 45 heavy (non-hydrogen) atoms. The zero-order valence-electron chi connectivity index (χ0n) is 24.2. The van der Waals surface area contributed by atoms with Crippen LogP contribution >= 0.6 is 0 Å². The molecule has 0 radical (unpaired) electrons. The summed E-state index contributed by atoms with van der Waals surface area (Å²) in [6.45, 7) is 2.71. The van der Waals surface area contributed by atoms with Crippen molar-refractivity contribution in [3.05, 3.63) is 29.2 Å². The molecule has 9 nitrogen and oxygen atoms in total. The Morgan fingerprint density at radius 1 is 1.22 bits per heavy atom. The van der Waals surface area contributed by atoms with Gasteiger partial charge in [-0.05, 0) is 44.9 Å². The van der Waals surface area contributed by atoms with Crippen LogP contribution in [0.25, 0.3) is 33.1 Å². The summed E-state index contributed by atoms with van der Waals surface area (Å²) in [5.41, 5.74) is -3.52. The molecule has 240 valence electrons. The molecule has 1 N–H and O–H groups in total. The van der Waals surface area contributed by atoms with E-state index in [1.54, 1.807) is 6.92 Å². The standard InChI is InChI=1S/C29H28F7N7O2/c1-13-6-17-16(8-37-41-17)19(21(13)29(34,35)36)23-22(33)24-20-25(43(10-18(31)32)14(2)11-44-26(20)38-23)40-27(39-24)45-12-28-4-3-5-42(28)9-15(30)7-28/h6,8,14-15,18H,3-5,7,9-12H2,1-2H3,(H,37,41)/t14-,15+,28-/m0/s1. The predicted molar refractivity (Wildman–Crippen MR) is 149 cm³/mol. The summed E-state index contributed by atoms with van der Waals surface area (Å²) in [5.74, 6) is -1.71. The maximum Gasteiger partial charge on any atom is 0.417 e. The van der Waals surface area contributed by atoms with Crippen LogP contribution in [0.15, 0.2) is 12.3 Å². The minimum atomic E-state index is -4.90. The van der Waals surface area contributed by atoms with Gasteiger partial charge in [-0.1, -0.05) is 0 Å². The Labute approximate surface area is 251 Å². The van der Waals surface area contributed by atoms with E-state index in [9.17, 15) is 26.3 Å². The molecule has 2 saturated heterocycles. The van der Waals surface area contributed by atoms with Crippen molar-refractivity contribution in [2.45, 2.75) is 63.5 Å². The molecular weight excluding hydrogens is 611 g/mol. The van der Waals surface area contributed by atoms with E-state index < -0.39 is 65.1 Å². The summed E-state index contributed by atoms with van der Waals surface area (Å²) in [6, 6.07) is 0.151. The van der Waals surface area contributed by atoms with Gasteiger partial charge in [0.05, 0.1) is 35.4 Å². The highest BCUT2D eigenvalue weighted by Gasteiger charge is 2.49. The Morgan fingerprint density at radius 2 is 2.02 bits per heavy atom. The number of hydrogen-bond acceptors (Lipinski definition) is 8. The lowest BCUT2D eigenvalue weighted by Crippen LogP contribution is -2.43. The van der Waals surface area contributed by atoms with Crippen LogP contribution in [0.5, 0.6) is 11.9 Å². The van der Waals surface area contributed by atoms with Crippen molar-refractivity contribution < 1.29 is 40.2 Å². The minimum absolute atomic E-state index is 0.0413. The van der Waals surface area contributed by atoms with Crippen molar-refractivity contribution in [1.29, 1.82) is 0 Å². The Kier molecular flexibility index (Phi) is 6.98. The number of anilines is 1. The second-order valence-corrected chi connectivity index (χ2v) is 12.0. The third-order valence-corrected chi connectivity index (χ3v) is 9.01. The van der Waals surface area contributed by atoms with Crippen LogP contribution in [0.1, 0.15) is 37.3 Å². The highest BCUT2D eigenvalue weighted by molar-refractivity contribution is 6.01. The molecule has 0 spiro atoms. The molecule has 4 aromatic rings. The van der Waals surface area contributed by atoms with Crippen LogP contribution in [0.3, 0.4) is 0 Å². The van der Waals surface area contributed by atoms with Gasteiger partial charge >= 0.3 is 12.2 Å². The number of fused-ring (bicyclic) bond motifs is 2. The van der Waals surface area contributed by atoms with Crippen molar-refractivity contribution >= 4 is 27.6 Å². The summed E-state index contributed by atoms with van der Waals surface area (Å²) in [4.78, 5) is 16.1. The highest BCUT2D eigenvalue weighted by atomic mass is 19.4. The van der Waals surface area contributed by atoms with Gasteiger partial charge in [0.1, 0.15) is 41.8 Å². The first-order chi connectivity index (χ1) is 21.4. The fourth-order valence-corrected chi connectivity index (χ4v) is 7.04. The van der Waals surface area contributed by atoms with Crippen LogP contribution < -0.4 is 14.4 Å². The van der Waals surface area contributed by atoms with Crippen LogP contribution in [-0.4, -0.2) is 87.1 Å². The lowest BCUT2D eigenvalue weighted by molar-refractivity contribution is -0.137. The molecule has 3 aliphatic rings. The maximum atomic E-state index is 16.7. The molecule has 0 saturated carbocycles. The number of H-pyrrole nitrogens is 1. The molecule has 7 rings (SSSR count). The summed E-state index contributed by atoms with van der Waals surface area (Å²) in [7, 11) is 0. The number of alkyl halides is 6. The topological polar surface area (TPSA) is 92.3 Å². The molecule has 16 heteroatoms. The van der Waals surface area contributed by atoms with Crippen LogP contribution in [0.2, 0.25) is 0 Å². The van der Waals surface area contributed by atoms with Crippen molar-refractivity contribution in [3.8, 4) is 23.1 Å². The molecule has 3 aromatic heterocycles. The number of aromatic nitrogens is 5. The number of aryl methyl sites for hydroxylation is 1. The van der Waals surface area contributed by atoms with E-state index in [-0.39, 0.29) is 65.7 Å². The second-order valence-electron chi connectivity index (χ2n) is 12.0. The van der Waals surface area contributed by atoms with Gasteiger partial charge in [0.25, 0.3) is 6.43 Å². The smallest absolute Gasteiger partial charge is 0.417 e. The number of pyridine rings is 1. The molecule has 3 atom stereocenters. The van der Waals surface area contributed by atoms with Gasteiger partial charge in [-0.25, -0.2) is 22.5 Å². The Morgan fingerprint density at radius 3 is 2.78 bits per heavy atom. The van der Waals surface area contributed by atoms with E-state index >= 15 is 4.39 Å². The average molecular weight is 640 g/mol. The first-order valence-electron chi connectivity index (χ1n) is 14.5. The van der Waals surface area contributed by atoms with Crippen molar-refractivity contribution in [2.75, 3.05) is 37.7 Å². The number of nitrogens with one attached hydrogen (secondary N) is 1. The van der Waals surface area contributed by atoms with E-state index in [2.05, 4.69) is 25.1 Å². The minimum Gasteiger partial charge on any atom is -0.475 e. The normalized spacial score (nSPS) is 23.6. The van der Waals surface area contributed by atoms with Crippen molar-refractivity contribution in [1.82, 2.24) is 30.0 Å². The maximum absolute atomic E-state index is 16.7. The fourth-order valence-electron chi connectivity index (χ4n) is 7.04. The van der Waals surface area contributed by atoms with Gasteiger partial charge in [0, 0.05) is 23.9 Å². The van der Waals surface area contributed by atoms with Crippen LogP contribution in [0, 0.1) is 12.7 Å². The molecular formula is C29H28F7N7O2. The molecule has 0 bridgehead atoms. The molecule has 0 amide bonds. The zero-order chi connectivity index (χ0) is 31.8. The molecule has 3 aliphatic heterocycles. The number of ether oxygens (including phenoxy) is 2. The lowest BCUT2D eigenvalue weighted by atomic mass is 9.94. The third kappa shape index (κ3) is 4.88. The predicted octanol–water partition coefficient (Wildman–Crippen LogP) is 5.84. The first kappa shape index (κ1) is 29.7. The van der Waals surface area contributed by atoms with Gasteiger partial charge in [0.2, 0.25) is 5.88 Å². The van der Waals surface area contributed by atoms with Crippen LogP contribution in [-0.2, 0) is 6.18 Å². The van der Waals surface area contributed by atoms with Crippen molar-refractivity contribution in [2.24, 2.45) is 0 Å². The van der Waals surface area contributed by atoms with Gasteiger partial charge in [-0.3, -0.25) is 10.00 Å².